The molecular weight excluding hydrogens is 224 g/mol. The quantitative estimate of drug-likeness (QED) is 0.558. The van der Waals surface area contributed by atoms with Gasteiger partial charge in [-0.1, -0.05) is 53.4 Å². The topological polar surface area (TPSA) is 41.1 Å². The van der Waals surface area contributed by atoms with Crippen LogP contribution in [0.2, 0.25) is 0 Å². The molecule has 0 aliphatic rings. The van der Waals surface area contributed by atoms with E-state index < -0.39 is 0 Å². The molecule has 0 radical (unpaired) electrons. The highest BCUT2D eigenvalue weighted by Gasteiger charge is 2.10. The third kappa shape index (κ3) is 10.6. The largest absolute Gasteiger partial charge is 0.356 e. The minimum absolute atomic E-state index is 0.0749. The minimum atomic E-state index is 0.0749. The summed E-state index contributed by atoms with van der Waals surface area (Å²) < 4.78 is 0. The van der Waals surface area contributed by atoms with Crippen LogP contribution >= 0.6 is 0 Å². The number of carbonyl (C=O) groups excluding carboxylic acids is 1. The molecule has 2 N–H and O–H groups in total. The van der Waals surface area contributed by atoms with Crippen LogP contribution in [0.5, 0.6) is 0 Å². The van der Waals surface area contributed by atoms with E-state index in [0.717, 1.165) is 32.0 Å². The number of amides is 1. The molecule has 0 aliphatic heterocycles. The van der Waals surface area contributed by atoms with Gasteiger partial charge in [0.1, 0.15) is 0 Å². The molecule has 18 heavy (non-hydrogen) atoms. The highest BCUT2D eigenvalue weighted by molar-refractivity contribution is 5.78. The molecule has 3 heteroatoms. The van der Waals surface area contributed by atoms with E-state index in [4.69, 9.17) is 0 Å². The Bertz CT molecular complexity index is 205. The van der Waals surface area contributed by atoms with Crippen LogP contribution in [0.3, 0.4) is 0 Å². The molecule has 0 aromatic rings. The van der Waals surface area contributed by atoms with E-state index in [9.17, 15) is 4.79 Å². The van der Waals surface area contributed by atoms with Gasteiger partial charge in [0.05, 0.1) is 0 Å². The Morgan fingerprint density at radius 1 is 1.06 bits per heavy atom. The maximum Gasteiger partial charge on any atom is 0.224 e. The summed E-state index contributed by atoms with van der Waals surface area (Å²) in [5.74, 6) is 1.07. The zero-order valence-corrected chi connectivity index (χ0v) is 12.7. The van der Waals surface area contributed by atoms with Gasteiger partial charge in [0.2, 0.25) is 5.91 Å². The van der Waals surface area contributed by atoms with Crippen LogP contribution in [0.15, 0.2) is 0 Å². The lowest BCUT2D eigenvalue weighted by Gasteiger charge is -2.12. The van der Waals surface area contributed by atoms with Crippen molar-refractivity contribution in [2.75, 3.05) is 19.6 Å². The highest BCUT2D eigenvalue weighted by Crippen LogP contribution is 2.08. The van der Waals surface area contributed by atoms with Gasteiger partial charge < -0.3 is 10.6 Å². The van der Waals surface area contributed by atoms with Crippen LogP contribution < -0.4 is 10.6 Å². The van der Waals surface area contributed by atoms with Crippen molar-refractivity contribution in [1.29, 1.82) is 0 Å². The second kappa shape index (κ2) is 11.5. The predicted octanol–water partition coefficient (Wildman–Crippen LogP) is 2.95. The van der Waals surface area contributed by atoms with E-state index in [-0.39, 0.29) is 11.8 Å². The Hall–Kier alpha value is -0.570. The molecule has 3 nitrogen and oxygen atoms in total. The van der Waals surface area contributed by atoms with E-state index in [1.54, 1.807) is 0 Å². The summed E-state index contributed by atoms with van der Waals surface area (Å²) in [4.78, 5) is 11.7. The molecule has 1 atom stereocenters. The normalized spacial score (nSPS) is 12.7. The van der Waals surface area contributed by atoms with E-state index >= 15 is 0 Å². The van der Waals surface area contributed by atoms with Crippen LogP contribution in [0.25, 0.3) is 0 Å². The summed E-state index contributed by atoms with van der Waals surface area (Å²) in [5, 5.41) is 6.21. The number of unbranched alkanes of at least 4 members (excludes halogenated alkanes) is 3. The fourth-order valence-corrected chi connectivity index (χ4v) is 1.87. The first-order valence-corrected chi connectivity index (χ1v) is 7.56. The third-order valence-electron chi connectivity index (χ3n) is 3.16. The summed E-state index contributed by atoms with van der Waals surface area (Å²) in [5.41, 5.74) is 0. The molecule has 1 unspecified atom stereocenters. The van der Waals surface area contributed by atoms with Gasteiger partial charge in [-0.05, 0) is 18.9 Å². The Labute approximate surface area is 113 Å². The van der Waals surface area contributed by atoms with Crippen molar-refractivity contribution < 1.29 is 4.79 Å². The number of carbonyl (C=O) groups is 1. The van der Waals surface area contributed by atoms with Crippen LogP contribution in [0.4, 0.5) is 0 Å². The minimum Gasteiger partial charge on any atom is -0.356 e. The van der Waals surface area contributed by atoms with Crippen molar-refractivity contribution in [1.82, 2.24) is 10.6 Å². The van der Waals surface area contributed by atoms with Gasteiger partial charge in [-0.15, -0.1) is 0 Å². The van der Waals surface area contributed by atoms with Gasteiger partial charge in [0, 0.05) is 19.0 Å². The number of nitrogens with one attached hydrogen (secondary N) is 2. The van der Waals surface area contributed by atoms with E-state index in [0.29, 0.717) is 0 Å². The first-order valence-electron chi connectivity index (χ1n) is 7.56. The van der Waals surface area contributed by atoms with Crippen LogP contribution in [-0.4, -0.2) is 25.5 Å². The standard InChI is InChI=1S/C15H32N2O/c1-5-16-12-14(4)15(18)17-11-9-7-6-8-10-13(2)3/h13-14,16H,5-12H2,1-4H3,(H,17,18). The zero-order chi connectivity index (χ0) is 13.8. The molecule has 0 fully saturated rings. The lowest BCUT2D eigenvalue weighted by atomic mass is 10.0. The number of rotatable bonds is 11. The fourth-order valence-electron chi connectivity index (χ4n) is 1.87. The SMILES string of the molecule is CCNCC(C)C(=O)NCCCCCCC(C)C. The van der Waals surface area contributed by atoms with E-state index in [2.05, 4.69) is 31.4 Å². The van der Waals surface area contributed by atoms with Crippen molar-refractivity contribution in [2.45, 2.75) is 59.8 Å². The summed E-state index contributed by atoms with van der Waals surface area (Å²) >= 11 is 0. The molecule has 0 bridgehead atoms. The van der Waals surface area contributed by atoms with Crippen molar-refractivity contribution in [3.8, 4) is 0 Å². The molecule has 0 aromatic heterocycles. The molecule has 0 rings (SSSR count). The van der Waals surface area contributed by atoms with Crippen molar-refractivity contribution in [3.05, 3.63) is 0 Å². The molecule has 0 heterocycles. The van der Waals surface area contributed by atoms with Gasteiger partial charge in [0.15, 0.2) is 0 Å². The summed E-state index contributed by atoms with van der Waals surface area (Å²) in [6.45, 7) is 11.1. The van der Waals surface area contributed by atoms with Crippen molar-refractivity contribution >= 4 is 5.91 Å². The van der Waals surface area contributed by atoms with Crippen molar-refractivity contribution in [2.24, 2.45) is 11.8 Å². The molecule has 108 valence electrons. The Kier molecular flexibility index (Phi) is 11.2. The second-order valence-corrected chi connectivity index (χ2v) is 5.60. The molecule has 0 saturated carbocycles. The average molecular weight is 256 g/mol. The van der Waals surface area contributed by atoms with E-state index in [1.165, 1.54) is 25.7 Å². The summed E-state index contributed by atoms with van der Waals surface area (Å²) in [7, 11) is 0. The van der Waals surface area contributed by atoms with Crippen LogP contribution in [-0.2, 0) is 4.79 Å². The number of hydrogen-bond acceptors (Lipinski definition) is 2. The maximum atomic E-state index is 11.7. The van der Waals surface area contributed by atoms with Gasteiger partial charge in [-0.3, -0.25) is 4.79 Å². The third-order valence-corrected chi connectivity index (χ3v) is 3.16. The van der Waals surface area contributed by atoms with Crippen LogP contribution in [0, 0.1) is 11.8 Å². The predicted molar refractivity (Wildman–Crippen MR) is 78.6 cm³/mol. The second-order valence-electron chi connectivity index (χ2n) is 5.60. The van der Waals surface area contributed by atoms with Gasteiger partial charge in [-0.2, -0.15) is 0 Å². The van der Waals surface area contributed by atoms with Crippen molar-refractivity contribution in [3.63, 3.8) is 0 Å². The number of hydrogen-bond donors (Lipinski definition) is 2. The molecule has 0 aliphatic carbocycles. The summed E-state index contributed by atoms with van der Waals surface area (Å²) in [6.07, 6.45) is 6.28. The smallest absolute Gasteiger partial charge is 0.224 e. The Morgan fingerprint density at radius 3 is 2.33 bits per heavy atom. The lowest BCUT2D eigenvalue weighted by Crippen LogP contribution is -2.35. The molecule has 0 spiro atoms. The maximum absolute atomic E-state index is 11.7. The molecule has 0 saturated heterocycles. The Balaban J connectivity index is 3.34. The fraction of sp³-hybridized carbons (Fsp3) is 0.933. The van der Waals surface area contributed by atoms with Gasteiger partial charge in [0.25, 0.3) is 0 Å². The van der Waals surface area contributed by atoms with E-state index in [1.807, 2.05) is 6.92 Å². The zero-order valence-electron chi connectivity index (χ0n) is 12.7. The first kappa shape index (κ1) is 17.4. The highest BCUT2D eigenvalue weighted by atomic mass is 16.1. The lowest BCUT2D eigenvalue weighted by molar-refractivity contribution is -0.124. The molecular formula is C15H32N2O. The first-order chi connectivity index (χ1) is 8.57. The summed E-state index contributed by atoms with van der Waals surface area (Å²) in [6, 6.07) is 0. The molecule has 1 amide bonds. The van der Waals surface area contributed by atoms with Gasteiger partial charge >= 0.3 is 0 Å². The average Bonchev–Trinajstić information content (AvgIpc) is 2.34. The van der Waals surface area contributed by atoms with Crippen LogP contribution in [0.1, 0.15) is 59.8 Å². The molecule has 0 aromatic carbocycles. The van der Waals surface area contributed by atoms with Gasteiger partial charge in [-0.25, -0.2) is 0 Å². The monoisotopic (exact) mass is 256 g/mol. The Morgan fingerprint density at radius 2 is 1.72 bits per heavy atom.